The first kappa shape index (κ1) is 58.8. The van der Waals surface area contributed by atoms with E-state index in [4.69, 9.17) is 34.1 Å². The van der Waals surface area contributed by atoms with Crippen LogP contribution in [0.15, 0.2) is 109 Å². The Morgan fingerprint density at radius 1 is 0.493 bits per heavy atom. The zero-order valence-electron chi connectivity index (χ0n) is 41.4. The van der Waals surface area contributed by atoms with E-state index in [-0.39, 0.29) is 0 Å². The second kappa shape index (κ2) is 33.1. The molecule has 67 heavy (non-hydrogen) atoms. The Hall–Kier alpha value is -0.757. The summed E-state index contributed by atoms with van der Waals surface area (Å²) in [6.07, 6.45) is 30.2. The van der Waals surface area contributed by atoms with Crippen LogP contribution < -0.4 is 0 Å². The van der Waals surface area contributed by atoms with E-state index in [1.54, 1.807) is 11.1 Å². The van der Waals surface area contributed by atoms with Crippen molar-refractivity contribution in [2.24, 2.45) is 10.8 Å². The fourth-order valence-electron chi connectivity index (χ4n) is 11.4. The van der Waals surface area contributed by atoms with Crippen molar-refractivity contribution in [2.75, 3.05) is 0 Å². The van der Waals surface area contributed by atoms with E-state index in [0.717, 1.165) is 12.8 Å². The molecule has 6 aromatic rings. The van der Waals surface area contributed by atoms with Gasteiger partial charge in [-0.1, -0.05) is 177 Å². The average Bonchev–Trinajstić information content (AvgIpc) is 3.93. The summed E-state index contributed by atoms with van der Waals surface area (Å²) in [6.45, 7) is 16.0. The van der Waals surface area contributed by atoms with Crippen molar-refractivity contribution in [3.05, 3.63) is 145 Å². The number of rotatable bonds is 12. The van der Waals surface area contributed by atoms with Crippen molar-refractivity contribution < 1.29 is 41.7 Å². The minimum atomic E-state index is -0.826. The van der Waals surface area contributed by atoms with Gasteiger partial charge in [-0.15, -0.1) is 69.1 Å². The normalized spacial score (nSPS) is 15.4. The van der Waals surface area contributed by atoms with Crippen LogP contribution in [0.3, 0.4) is 0 Å². The van der Waals surface area contributed by atoms with Crippen LogP contribution in [0.2, 0.25) is 0 Å². The number of halogens is 4. The summed E-state index contributed by atoms with van der Waals surface area (Å²) in [6, 6.07) is 41.9. The van der Waals surface area contributed by atoms with Crippen LogP contribution in [0.25, 0.3) is 43.8 Å². The summed E-state index contributed by atoms with van der Waals surface area (Å²) in [5.41, 5.74) is 12.5. The Morgan fingerprint density at radius 2 is 0.806 bits per heavy atom. The molecule has 0 N–H and O–H groups in total. The van der Waals surface area contributed by atoms with Gasteiger partial charge in [-0.05, 0) is 97.3 Å². The molecule has 0 aromatic heterocycles. The molecular formula is C60H78Cl4SiZr2. The molecule has 358 valence electrons. The van der Waals surface area contributed by atoms with Crippen LogP contribution in [-0.4, -0.2) is 9.52 Å². The topological polar surface area (TPSA) is 0 Å². The Bertz CT molecular complexity index is 2050. The summed E-state index contributed by atoms with van der Waals surface area (Å²) < 4.78 is 0. The molecule has 2 aliphatic carbocycles. The SMILES string of the molecule is CCCC1(Cc2cc3c(-c4ccc(CC)cc4)cccc3[cH-]2)CCCCCCC1.CCCC1(Cc2cc3c(-c4ccc(CC)cc4)cccc3[cH-]2)CCCCCCC1.[CH2-][Si][CH2-].[Cl][Zr+2][Cl].[Cl][Zr+2][Cl]. The van der Waals surface area contributed by atoms with Crippen molar-refractivity contribution in [3.63, 3.8) is 0 Å². The molecular weight excluding hydrogens is 1070 g/mol. The zero-order chi connectivity index (χ0) is 48.3. The van der Waals surface area contributed by atoms with E-state index >= 15 is 0 Å². The third-order valence-corrected chi connectivity index (χ3v) is 14.5. The molecule has 0 bridgehead atoms. The minimum absolute atomic E-state index is 0.530. The molecule has 0 saturated heterocycles. The quantitative estimate of drug-likeness (QED) is 0.0846. The van der Waals surface area contributed by atoms with Crippen LogP contribution in [0.5, 0.6) is 0 Å². The van der Waals surface area contributed by atoms with E-state index in [2.05, 4.69) is 150 Å². The predicted octanol–water partition coefficient (Wildman–Crippen LogP) is 20.7. The first-order valence-electron chi connectivity index (χ1n) is 25.5. The summed E-state index contributed by atoms with van der Waals surface area (Å²) in [5.74, 6) is 0. The van der Waals surface area contributed by atoms with Gasteiger partial charge in [0.25, 0.3) is 0 Å². The van der Waals surface area contributed by atoms with E-state index in [1.165, 1.54) is 183 Å². The van der Waals surface area contributed by atoms with Crippen molar-refractivity contribution >= 4 is 65.1 Å². The number of hydrogen-bond donors (Lipinski definition) is 0. The van der Waals surface area contributed by atoms with Crippen LogP contribution in [0, 0.1) is 23.9 Å². The van der Waals surface area contributed by atoms with Crippen molar-refractivity contribution in [1.29, 1.82) is 0 Å². The molecule has 2 aliphatic rings. The second-order valence-electron chi connectivity index (χ2n) is 19.2. The number of fused-ring (bicyclic) bond motifs is 2. The van der Waals surface area contributed by atoms with E-state index in [1.807, 2.05) is 0 Å². The summed E-state index contributed by atoms with van der Waals surface area (Å²) in [5, 5.41) is 5.69. The number of aryl methyl sites for hydroxylation is 2. The summed E-state index contributed by atoms with van der Waals surface area (Å²) in [7, 11) is 20.3. The van der Waals surface area contributed by atoms with Gasteiger partial charge in [0.1, 0.15) is 0 Å². The molecule has 0 amide bonds. The van der Waals surface area contributed by atoms with Crippen LogP contribution in [0.4, 0.5) is 0 Å². The summed E-state index contributed by atoms with van der Waals surface area (Å²) in [4.78, 5) is 0. The van der Waals surface area contributed by atoms with E-state index in [9.17, 15) is 0 Å². The van der Waals surface area contributed by atoms with E-state index < -0.39 is 41.7 Å². The third kappa shape index (κ3) is 19.0. The molecule has 0 nitrogen and oxygen atoms in total. The first-order valence-corrected chi connectivity index (χ1v) is 39.5. The molecule has 0 spiro atoms. The number of hydrogen-bond acceptors (Lipinski definition) is 0. The first-order chi connectivity index (χ1) is 32.7. The molecule has 2 saturated carbocycles. The standard InChI is InChI=1S/2C29H37.C2H4Si.4ClH.2Zr/c2*1-3-17-29(18-8-6-5-7-9-19-29)22-24-20-26-11-10-12-27(28(26)21-24)25-15-13-23(4-2)14-16-25;1-3-2;;;;;;/h2*10-16,20-21H,3-9,17-19,22H2,1-2H3;1-2H2;4*1H;;/q2*-1;-2;;;;;2*+4/p-4. The second-order valence-corrected chi connectivity index (χ2v) is 27.2. The monoisotopic (exact) mass is 1150 g/mol. The van der Waals surface area contributed by atoms with Gasteiger partial charge in [0, 0.05) is 0 Å². The van der Waals surface area contributed by atoms with Gasteiger partial charge in [0.15, 0.2) is 0 Å². The van der Waals surface area contributed by atoms with Crippen molar-refractivity contribution in [2.45, 2.75) is 169 Å². The van der Waals surface area contributed by atoms with Gasteiger partial charge < -0.3 is 22.6 Å². The summed E-state index contributed by atoms with van der Waals surface area (Å²) >= 11 is -1.65. The molecule has 0 unspecified atom stereocenters. The maximum absolute atomic E-state index is 4.93. The number of benzene rings is 4. The van der Waals surface area contributed by atoms with E-state index in [0.29, 0.717) is 20.3 Å². The Labute approximate surface area is 448 Å². The van der Waals surface area contributed by atoms with Crippen LogP contribution in [0.1, 0.15) is 166 Å². The van der Waals surface area contributed by atoms with Gasteiger partial charge >= 0.3 is 75.7 Å². The molecule has 0 atom stereocenters. The van der Waals surface area contributed by atoms with Crippen molar-refractivity contribution in [3.8, 4) is 22.3 Å². The predicted molar refractivity (Wildman–Crippen MR) is 295 cm³/mol. The zero-order valence-corrected chi connectivity index (χ0v) is 50.3. The molecule has 7 heteroatoms. The fourth-order valence-corrected chi connectivity index (χ4v) is 11.4. The third-order valence-electron chi connectivity index (χ3n) is 14.5. The Morgan fingerprint density at radius 3 is 1.10 bits per heavy atom. The van der Waals surface area contributed by atoms with Gasteiger partial charge in [-0.3, -0.25) is 0 Å². The maximum atomic E-state index is 4.93. The molecule has 8 rings (SSSR count). The van der Waals surface area contributed by atoms with Gasteiger partial charge in [-0.25, -0.2) is 0 Å². The van der Waals surface area contributed by atoms with Gasteiger partial charge in [0.05, 0.1) is 0 Å². The Kier molecular flexibility index (Phi) is 29.0. The fraction of sp³-hybridized carbons (Fsp3) is 0.467. The molecule has 6 aromatic carbocycles. The van der Waals surface area contributed by atoms with Crippen LogP contribution >= 0.6 is 34.1 Å². The Balaban J connectivity index is 0.000000249. The van der Waals surface area contributed by atoms with Crippen molar-refractivity contribution in [1.82, 2.24) is 0 Å². The molecule has 2 radical (unpaired) electrons. The van der Waals surface area contributed by atoms with Crippen LogP contribution in [-0.2, 0) is 67.4 Å². The average molecular weight is 1150 g/mol. The molecule has 0 aliphatic heterocycles. The van der Waals surface area contributed by atoms with Gasteiger partial charge in [0.2, 0.25) is 0 Å². The molecule has 2 fully saturated rings. The van der Waals surface area contributed by atoms with Gasteiger partial charge in [-0.2, -0.15) is 12.1 Å². The molecule has 0 heterocycles.